The Bertz CT molecular complexity index is 961. The van der Waals surface area contributed by atoms with E-state index in [0.29, 0.717) is 26.8 Å². The molecular weight excluding hydrogens is 319 g/mol. The van der Waals surface area contributed by atoms with Gasteiger partial charge in [-0.05, 0) is 44.5 Å². The molecule has 3 rings (SSSR count). The molecule has 0 fully saturated rings. The van der Waals surface area contributed by atoms with Gasteiger partial charge in [-0.1, -0.05) is 40.9 Å². The second kappa shape index (κ2) is 5.41. The molecule has 0 saturated carbocycles. The average Bonchev–Trinajstić information content (AvgIpc) is 2.42. The van der Waals surface area contributed by atoms with Gasteiger partial charge in [0.05, 0.1) is 21.6 Å². The molecule has 0 saturated heterocycles. The van der Waals surface area contributed by atoms with E-state index < -0.39 is 0 Å². The summed E-state index contributed by atoms with van der Waals surface area (Å²) in [6, 6.07) is 9.15. The SMILES string of the molecule is Cc1ccc(-n2c(C)nc3c(Cl)cc(Cl)cc3c2=O)c(C)c1. The maximum Gasteiger partial charge on any atom is 0.266 e. The van der Waals surface area contributed by atoms with Crippen LogP contribution in [0.5, 0.6) is 0 Å². The Morgan fingerprint density at radius 3 is 2.45 bits per heavy atom. The normalized spacial score (nSPS) is 11.1. The van der Waals surface area contributed by atoms with E-state index in [0.717, 1.165) is 16.8 Å². The average molecular weight is 333 g/mol. The maximum atomic E-state index is 12.9. The van der Waals surface area contributed by atoms with Crippen LogP contribution >= 0.6 is 23.2 Å². The summed E-state index contributed by atoms with van der Waals surface area (Å²) in [5.74, 6) is 0.591. The molecule has 0 aliphatic rings. The molecule has 0 bridgehead atoms. The number of nitrogens with zero attached hydrogens (tertiary/aromatic N) is 2. The van der Waals surface area contributed by atoms with Gasteiger partial charge in [-0.25, -0.2) is 4.98 Å². The number of halogens is 2. The van der Waals surface area contributed by atoms with Gasteiger partial charge in [0.1, 0.15) is 5.82 Å². The molecule has 112 valence electrons. The lowest BCUT2D eigenvalue weighted by molar-refractivity contribution is 0.887. The molecule has 0 unspecified atom stereocenters. The fraction of sp³-hybridized carbons (Fsp3) is 0.176. The summed E-state index contributed by atoms with van der Waals surface area (Å²) in [5, 5.41) is 1.23. The van der Waals surface area contributed by atoms with E-state index in [4.69, 9.17) is 23.2 Å². The van der Waals surface area contributed by atoms with Crippen molar-refractivity contribution in [3.63, 3.8) is 0 Å². The van der Waals surface area contributed by atoms with E-state index in [2.05, 4.69) is 4.98 Å². The van der Waals surface area contributed by atoms with Crippen molar-refractivity contribution in [3.8, 4) is 5.69 Å². The van der Waals surface area contributed by atoms with Crippen molar-refractivity contribution in [1.29, 1.82) is 0 Å². The Kier molecular flexibility index (Phi) is 3.71. The van der Waals surface area contributed by atoms with Gasteiger partial charge in [0.2, 0.25) is 0 Å². The molecule has 0 atom stereocenters. The summed E-state index contributed by atoms with van der Waals surface area (Å²) in [4.78, 5) is 17.4. The quantitative estimate of drug-likeness (QED) is 0.651. The Balaban J connectivity index is 2.43. The molecule has 0 amide bonds. The molecule has 1 heterocycles. The third-order valence-corrected chi connectivity index (χ3v) is 4.16. The molecule has 0 aliphatic carbocycles. The predicted molar refractivity (Wildman–Crippen MR) is 91.6 cm³/mol. The largest absolute Gasteiger partial charge is 0.268 e. The predicted octanol–water partition coefficient (Wildman–Crippen LogP) is 4.62. The molecule has 5 heteroatoms. The Morgan fingerprint density at radius 2 is 1.77 bits per heavy atom. The molecule has 0 N–H and O–H groups in total. The van der Waals surface area contributed by atoms with E-state index in [1.54, 1.807) is 23.6 Å². The molecular formula is C17H14Cl2N2O. The van der Waals surface area contributed by atoms with Crippen LogP contribution in [0.3, 0.4) is 0 Å². The first-order valence-corrected chi connectivity index (χ1v) is 7.60. The lowest BCUT2D eigenvalue weighted by Crippen LogP contribution is -2.23. The lowest BCUT2D eigenvalue weighted by Gasteiger charge is -2.14. The number of benzene rings is 2. The highest BCUT2D eigenvalue weighted by atomic mass is 35.5. The summed E-state index contributed by atoms with van der Waals surface area (Å²) in [7, 11) is 0. The van der Waals surface area contributed by atoms with Gasteiger partial charge in [0.15, 0.2) is 0 Å². The van der Waals surface area contributed by atoms with Crippen LogP contribution < -0.4 is 5.56 Å². The van der Waals surface area contributed by atoms with E-state index in [9.17, 15) is 4.79 Å². The minimum Gasteiger partial charge on any atom is -0.268 e. The maximum absolute atomic E-state index is 12.9. The number of aryl methyl sites for hydroxylation is 3. The first kappa shape index (κ1) is 15.1. The van der Waals surface area contributed by atoms with Crippen LogP contribution in [-0.2, 0) is 0 Å². The smallest absolute Gasteiger partial charge is 0.266 e. The van der Waals surface area contributed by atoms with Gasteiger partial charge in [-0.3, -0.25) is 9.36 Å². The summed E-state index contributed by atoms with van der Waals surface area (Å²) in [5.41, 5.74) is 3.29. The van der Waals surface area contributed by atoms with Gasteiger partial charge >= 0.3 is 0 Å². The van der Waals surface area contributed by atoms with Gasteiger partial charge in [0, 0.05) is 5.02 Å². The number of hydrogen-bond acceptors (Lipinski definition) is 2. The molecule has 0 radical (unpaired) electrons. The lowest BCUT2D eigenvalue weighted by atomic mass is 10.1. The Morgan fingerprint density at radius 1 is 1.05 bits per heavy atom. The molecule has 3 aromatic rings. The van der Waals surface area contributed by atoms with Crippen LogP contribution in [0.2, 0.25) is 10.0 Å². The second-order valence-corrected chi connectivity index (χ2v) is 6.22. The van der Waals surface area contributed by atoms with E-state index >= 15 is 0 Å². The third kappa shape index (κ3) is 2.40. The minimum atomic E-state index is -0.168. The van der Waals surface area contributed by atoms with E-state index in [1.165, 1.54) is 0 Å². The van der Waals surface area contributed by atoms with E-state index in [1.807, 2.05) is 32.0 Å². The second-order valence-electron chi connectivity index (χ2n) is 5.37. The van der Waals surface area contributed by atoms with Crippen molar-refractivity contribution >= 4 is 34.1 Å². The van der Waals surface area contributed by atoms with Crippen molar-refractivity contribution < 1.29 is 0 Å². The highest BCUT2D eigenvalue weighted by Crippen LogP contribution is 2.25. The first-order chi connectivity index (χ1) is 10.4. The van der Waals surface area contributed by atoms with Crippen LogP contribution in [-0.4, -0.2) is 9.55 Å². The highest BCUT2D eigenvalue weighted by Gasteiger charge is 2.14. The molecule has 22 heavy (non-hydrogen) atoms. The van der Waals surface area contributed by atoms with Crippen LogP contribution in [0, 0.1) is 20.8 Å². The van der Waals surface area contributed by atoms with Gasteiger partial charge in [0.25, 0.3) is 5.56 Å². The summed E-state index contributed by atoms with van der Waals surface area (Å²) in [6.07, 6.45) is 0. The van der Waals surface area contributed by atoms with Crippen LogP contribution in [0.4, 0.5) is 0 Å². The van der Waals surface area contributed by atoms with Crippen LogP contribution in [0.1, 0.15) is 17.0 Å². The van der Waals surface area contributed by atoms with Crippen molar-refractivity contribution in [1.82, 2.24) is 9.55 Å². The minimum absolute atomic E-state index is 0.168. The Hall–Kier alpha value is -1.84. The van der Waals surface area contributed by atoms with E-state index in [-0.39, 0.29) is 5.56 Å². The zero-order valence-electron chi connectivity index (χ0n) is 12.4. The van der Waals surface area contributed by atoms with Gasteiger partial charge < -0.3 is 0 Å². The van der Waals surface area contributed by atoms with Crippen molar-refractivity contribution in [3.05, 3.63) is 67.7 Å². The molecule has 0 aliphatic heterocycles. The zero-order valence-corrected chi connectivity index (χ0v) is 14.0. The van der Waals surface area contributed by atoms with Crippen molar-refractivity contribution in [2.24, 2.45) is 0 Å². The summed E-state index contributed by atoms with van der Waals surface area (Å²) < 4.78 is 1.60. The summed E-state index contributed by atoms with van der Waals surface area (Å²) >= 11 is 12.2. The number of rotatable bonds is 1. The van der Waals surface area contributed by atoms with Crippen LogP contribution in [0.15, 0.2) is 35.1 Å². The fourth-order valence-electron chi connectivity index (χ4n) is 2.66. The van der Waals surface area contributed by atoms with Crippen molar-refractivity contribution in [2.45, 2.75) is 20.8 Å². The van der Waals surface area contributed by atoms with Crippen molar-refractivity contribution in [2.75, 3.05) is 0 Å². The topological polar surface area (TPSA) is 34.9 Å². The number of aromatic nitrogens is 2. The zero-order chi connectivity index (χ0) is 16.0. The summed E-state index contributed by atoms with van der Waals surface area (Å²) in [6.45, 7) is 5.79. The van der Waals surface area contributed by atoms with Crippen LogP contribution in [0.25, 0.3) is 16.6 Å². The van der Waals surface area contributed by atoms with Gasteiger partial charge in [-0.15, -0.1) is 0 Å². The molecule has 2 aromatic carbocycles. The monoisotopic (exact) mass is 332 g/mol. The molecule has 1 aromatic heterocycles. The van der Waals surface area contributed by atoms with Gasteiger partial charge in [-0.2, -0.15) is 0 Å². The highest BCUT2D eigenvalue weighted by molar-refractivity contribution is 6.38. The number of fused-ring (bicyclic) bond motifs is 1. The third-order valence-electron chi connectivity index (χ3n) is 3.65. The standard InChI is InChI=1S/C17H14Cl2N2O/c1-9-4-5-15(10(2)6-9)21-11(3)20-16-13(17(21)22)7-12(18)8-14(16)19/h4-8H,1-3H3. The Labute approximate surface area is 138 Å². The fourth-order valence-corrected chi connectivity index (χ4v) is 3.20. The number of hydrogen-bond donors (Lipinski definition) is 0. The molecule has 0 spiro atoms. The molecule has 3 nitrogen and oxygen atoms in total. The first-order valence-electron chi connectivity index (χ1n) is 6.84.